The molecule has 5 rings (SSSR count). The average Bonchev–Trinajstić information content (AvgIpc) is 2.92. The highest BCUT2D eigenvalue weighted by Gasteiger charge is 2.44. The molecule has 1 unspecified atom stereocenters. The molecule has 0 radical (unpaired) electrons. The lowest BCUT2D eigenvalue weighted by molar-refractivity contribution is -0.136. The maximum atomic E-state index is 13.0. The highest BCUT2D eigenvalue weighted by molar-refractivity contribution is 6.23. The van der Waals surface area contributed by atoms with E-state index >= 15 is 0 Å². The van der Waals surface area contributed by atoms with Crippen molar-refractivity contribution in [3.8, 4) is 0 Å². The second-order valence-corrected chi connectivity index (χ2v) is 8.01. The SMILES string of the molecule is Cl.Cl.O=C1CCC(N2C(=O)c3ccc(N4CCN(C5CNC5)CC4)cc3C2=O)C(=O)N1. The number of piperidine rings is 1. The number of nitrogens with zero attached hydrogens (tertiary/aromatic N) is 3. The van der Waals surface area contributed by atoms with E-state index in [4.69, 9.17) is 0 Å². The Hall–Kier alpha value is -2.20. The van der Waals surface area contributed by atoms with Gasteiger partial charge in [-0.3, -0.25) is 34.3 Å². The number of hydrogen-bond acceptors (Lipinski definition) is 7. The van der Waals surface area contributed by atoms with E-state index < -0.39 is 23.8 Å². The van der Waals surface area contributed by atoms with Gasteiger partial charge < -0.3 is 10.2 Å². The van der Waals surface area contributed by atoms with Gasteiger partial charge in [-0.1, -0.05) is 0 Å². The lowest BCUT2D eigenvalue weighted by atomic mass is 10.0. The Kier molecular flexibility index (Phi) is 6.90. The molecule has 4 heterocycles. The van der Waals surface area contributed by atoms with Crippen molar-refractivity contribution in [2.75, 3.05) is 44.2 Å². The molecule has 4 aliphatic heterocycles. The molecule has 3 saturated heterocycles. The van der Waals surface area contributed by atoms with E-state index in [1.165, 1.54) is 0 Å². The van der Waals surface area contributed by atoms with Crippen molar-refractivity contribution in [3.05, 3.63) is 29.3 Å². The van der Waals surface area contributed by atoms with Crippen LogP contribution in [0.3, 0.4) is 0 Å². The number of benzene rings is 1. The molecule has 2 N–H and O–H groups in total. The maximum absolute atomic E-state index is 13.0. The molecule has 4 aliphatic rings. The summed E-state index contributed by atoms with van der Waals surface area (Å²) in [5.74, 6) is -1.88. The Morgan fingerprint density at radius 1 is 0.871 bits per heavy atom. The first-order valence-electron chi connectivity index (χ1n) is 10.1. The lowest BCUT2D eigenvalue weighted by Crippen LogP contribution is -2.61. The van der Waals surface area contributed by atoms with Crippen LogP contribution in [0.2, 0.25) is 0 Å². The lowest BCUT2D eigenvalue weighted by Gasteiger charge is -2.43. The summed E-state index contributed by atoms with van der Waals surface area (Å²) in [6.07, 6.45) is 0.289. The van der Waals surface area contributed by atoms with Gasteiger partial charge in [-0.15, -0.1) is 24.8 Å². The van der Waals surface area contributed by atoms with E-state index in [0.29, 0.717) is 17.2 Å². The molecule has 3 fully saturated rings. The van der Waals surface area contributed by atoms with Crippen LogP contribution < -0.4 is 15.5 Å². The van der Waals surface area contributed by atoms with Crippen molar-refractivity contribution < 1.29 is 19.2 Å². The molecule has 1 aromatic carbocycles. The van der Waals surface area contributed by atoms with E-state index in [-0.39, 0.29) is 43.6 Å². The van der Waals surface area contributed by atoms with Crippen LogP contribution in [0.15, 0.2) is 18.2 Å². The zero-order valence-corrected chi connectivity index (χ0v) is 18.5. The number of fused-ring (bicyclic) bond motifs is 1. The topological polar surface area (TPSA) is 102 Å². The van der Waals surface area contributed by atoms with Crippen molar-refractivity contribution in [2.24, 2.45) is 0 Å². The molecule has 0 aliphatic carbocycles. The van der Waals surface area contributed by atoms with Crippen LogP contribution in [0.1, 0.15) is 33.6 Å². The summed E-state index contributed by atoms with van der Waals surface area (Å²) in [5, 5.41) is 5.52. The van der Waals surface area contributed by atoms with E-state index in [1.807, 2.05) is 6.07 Å². The Morgan fingerprint density at radius 2 is 1.55 bits per heavy atom. The van der Waals surface area contributed by atoms with E-state index in [1.54, 1.807) is 12.1 Å². The molecule has 0 bridgehead atoms. The second-order valence-electron chi connectivity index (χ2n) is 8.01. The minimum absolute atomic E-state index is 0. The predicted octanol–water partition coefficient (Wildman–Crippen LogP) is 0.0252. The summed E-state index contributed by atoms with van der Waals surface area (Å²) in [7, 11) is 0. The van der Waals surface area contributed by atoms with Gasteiger partial charge in [0.15, 0.2) is 0 Å². The molecular weight excluding hydrogens is 445 g/mol. The van der Waals surface area contributed by atoms with E-state index in [0.717, 1.165) is 49.9 Å². The van der Waals surface area contributed by atoms with Crippen molar-refractivity contribution in [1.82, 2.24) is 20.4 Å². The van der Waals surface area contributed by atoms with E-state index in [2.05, 4.69) is 20.4 Å². The number of rotatable bonds is 3. The Balaban J connectivity index is 0.00000136. The quantitative estimate of drug-likeness (QED) is 0.601. The second kappa shape index (κ2) is 9.12. The smallest absolute Gasteiger partial charge is 0.262 e. The number of anilines is 1. The van der Waals surface area contributed by atoms with Gasteiger partial charge in [-0.05, 0) is 24.6 Å². The molecule has 11 heteroatoms. The van der Waals surface area contributed by atoms with Crippen molar-refractivity contribution in [2.45, 2.75) is 24.9 Å². The molecule has 9 nitrogen and oxygen atoms in total. The van der Waals surface area contributed by atoms with Crippen LogP contribution in [-0.2, 0) is 9.59 Å². The van der Waals surface area contributed by atoms with Gasteiger partial charge >= 0.3 is 0 Å². The fourth-order valence-electron chi connectivity index (χ4n) is 4.53. The first-order valence-corrected chi connectivity index (χ1v) is 10.1. The van der Waals surface area contributed by atoms with Crippen molar-refractivity contribution in [1.29, 1.82) is 0 Å². The first kappa shape index (κ1) is 23.5. The Bertz CT molecular complexity index is 915. The van der Waals surface area contributed by atoms with Crippen LogP contribution in [0.25, 0.3) is 0 Å². The van der Waals surface area contributed by atoms with Gasteiger partial charge in [0.25, 0.3) is 11.8 Å². The molecule has 31 heavy (non-hydrogen) atoms. The minimum atomic E-state index is -0.928. The molecule has 0 saturated carbocycles. The molecule has 1 aromatic rings. The van der Waals surface area contributed by atoms with E-state index in [9.17, 15) is 19.2 Å². The zero-order valence-electron chi connectivity index (χ0n) is 16.8. The number of halogens is 2. The predicted molar refractivity (Wildman–Crippen MR) is 118 cm³/mol. The maximum Gasteiger partial charge on any atom is 0.262 e. The number of carbonyl (C=O) groups is 4. The van der Waals surface area contributed by atoms with Gasteiger partial charge in [0, 0.05) is 57.4 Å². The normalized spacial score (nSPS) is 24.2. The molecule has 168 valence electrons. The minimum Gasteiger partial charge on any atom is -0.369 e. The first-order chi connectivity index (χ1) is 14.0. The van der Waals surface area contributed by atoms with Crippen molar-refractivity contribution >= 4 is 54.1 Å². The standard InChI is InChI=1S/C20H23N5O4.2ClH/c26-17-4-3-16(18(27)22-17)25-19(28)14-2-1-12(9-15(14)20(25)29)23-5-7-24(8-6-23)13-10-21-11-13;;/h1-2,9,13,16,21H,3-8,10-11H2,(H,22,26,27);2*1H. The van der Waals surface area contributed by atoms with Gasteiger partial charge in [0.05, 0.1) is 11.1 Å². The zero-order chi connectivity index (χ0) is 20.1. The third-order valence-electron chi connectivity index (χ3n) is 6.38. The highest BCUT2D eigenvalue weighted by atomic mass is 35.5. The van der Waals surface area contributed by atoms with Crippen LogP contribution in [0.4, 0.5) is 5.69 Å². The summed E-state index contributed by atoms with van der Waals surface area (Å²) in [5.41, 5.74) is 1.58. The molecule has 0 aromatic heterocycles. The van der Waals surface area contributed by atoms with Crippen LogP contribution in [0, 0.1) is 0 Å². The number of amides is 4. The fourth-order valence-corrected chi connectivity index (χ4v) is 4.53. The summed E-state index contributed by atoms with van der Waals surface area (Å²) in [6, 6.07) is 5.01. The average molecular weight is 470 g/mol. The number of carbonyl (C=O) groups excluding carboxylic acids is 4. The third kappa shape index (κ3) is 4.03. The number of piperazine rings is 1. The van der Waals surface area contributed by atoms with Gasteiger partial charge in [-0.25, -0.2) is 0 Å². The Morgan fingerprint density at radius 3 is 2.16 bits per heavy atom. The fraction of sp³-hybridized carbons (Fsp3) is 0.500. The molecular formula is C20H25Cl2N5O4. The molecule has 0 spiro atoms. The molecule has 4 amide bonds. The van der Waals surface area contributed by atoms with Gasteiger partial charge in [-0.2, -0.15) is 0 Å². The van der Waals surface area contributed by atoms with Crippen LogP contribution in [0.5, 0.6) is 0 Å². The molecule has 1 atom stereocenters. The Labute approximate surface area is 192 Å². The highest BCUT2D eigenvalue weighted by Crippen LogP contribution is 2.31. The van der Waals surface area contributed by atoms with Crippen molar-refractivity contribution in [3.63, 3.8) is 0 Å². The summed E-state index contributed by atoms with van der Waals surface area (Å²) >= 11 is 0. The number of imide groups is 2. The summed E-state index contributed by atoms with van der Waals surface area (Å²) in [6.45, 7) is 5.78. The van der Waals surface area contributed by atoms with Gasteiger partial charge in [0.1, 0.15) is 6.04 Å². The largest absolute Gasteiger partial charge is 0.369 e. The number of hydrogen-bond donors (Lipinski definition) is 2. The number of nitrogens with one attached hydrogen (secondary N) is 2. The van der Waals surface area contributed by atoms with Crippen LogP contribution in [-0.4, -0.2) is 84.8 Å². The van der Waals surface area contributed by atoms with Gasteiger partial charge in [0.2, 0.25) is 11.8 Å². The summed E-state index contributed by atoms with van der Waals surface area (Å²) in [4.78, 5) is 55.0. The third-order valence-corrected chi connectivity index (χ3v) is 6.38. The summed E-state index contributed by atoms with van der Waals surface area (Å²) < 4.78 is 0. The van der Waals surface area contributed by atoms with Crippen LogP contribution >= 0.6 is 24.8 Å². The monoisotopic (exact) mass is 469 g/mol.